The minimum Gasteiger partial charge on any atom is -0.467 e. The minimum absolute atomic E-state index is 0.128. The normalized spacial score (nSPS) is 17.2. The Morgan fingerprint density at radius 1 is 1.00 bits per heavy atom. The van der Waals surface area contributed by atoms with E-state index >= 15 is 0 Å². The third-order valence-corrected chi connectivity index (χ3v) is 6.13. The quantitative estimate of drug-likeness (QED) is 0.720. The van der Waals surface area contributed by atoms with E-state index in [2.05, 4.69) is 5.32 Å². The molecular formula is C24H31N3O4. The second kappa shape index (κ2) is 10.5. The third-order valence-electron chi connectivity index (χ3n) is 6.13. The Kier molecular flexibility index (Phi) is 7.25. The average molecular weight is 426 g/mol. The fourth-order valence-corrected chi connectivity index (χ4v) is 4.36. The van der Waals surface area contributed by atoms with Crippen molar-refractivity contribution in [3.05, 3.63) is 54.0 Å². The molecule has 2 heterocycles. The summed E-state index contributed by atoms with van der Waals surface area (Å²) in [5.74, 6) is 1.59. The zero-order chi connectivity index (χ0) is 21.5. The Bertz CT molecular complexity index is 853. The fraction of sp³-hybridized carbons (Fsp3) is 0.500. The summed E-state index contributed by atoms with van der Waals surface area (Å²) in [4.78, 5) is 28.9. The molecule has 0 unspecified atom stereocenters. The molecule has 0 radical (unpaired) electrons. The summed E-state index contributed by atoms with van der Waals surface area (Å²) in [5, 5.41) is 2.97. The van der Waals surface area contributed by atoms with Gasteiger partial charge in [-0.1, -0.05) is 25.0 Å². The number of benzene rings is 1. The topological polar surface area (TPSA) is 75.0 Å². The molecule has 1 saturated heterocycles. The summed E-state index contributed by atoms with van der Waals surface area (Å²) in [7, 11) is 0. The van der Waals surface area contributed by atoms with Crippen molar-refractivity contribution in [2.45, 2.75) is 45.3 Å². The number of nitrogens with zero attached hydrogens (tertiary/aromatic N) is 2. The van der Waals surface area contributed by atoms with E-state index < -0.39 is 0 Å². The van der Waals surface area contributed by atoms with Crippen LogP contribution in [0, 0.1) is 5.92 Å². The lowest BCUT2D eigenvalue weighted by molar-refractivity contribution is -0.133. The zero-order valence-corrected chi connectivity index (χ0v) is 17.9. The van der Waals surface area contributed by atoms with Gasteiger partial charge < -0.3 is 24.3 Å². The monoisotopic (exact) mass is 425 g/mol. The fourth-order valence-electron chi connectivity index (χ4n) is 4.36. The number of carbonyl (C=O) groups is 2. The van der Waals surface area contributed by atoms with Gasteiger partial charge in [0.2, 0.25) is 5.91 Å². The first-order valence-electron chi connectivity index (χ1n) is 11.2. The maximum atomic E-state index is 12.7. The van der Waals surface area contributed by atoms with Crippen LogP contribution >= 0.6 is 0 Å². The van der Waals surface area contributed by atoms with Crippen molar-refractivity contribution in [2.75, 3.05) is 31.5 Å². The highest BCUT2D eigenvalue weighted by atomic mass is 16.5. The molecule has 2 aliphatic rings. The maximum Gasteiger partial charge on any atom is 0.321 e. The molecule has 7 nitrogen and oxygen atoms in total. The first kappa shape index (κ1) is 21.4. The maximum absolute atomic E-state index is 12.7. The highest BCUT2D eigenvalue weighted by molar-refractivity contribution is 5.89. The predicted molar refractivity (Wildman–Crippen MR) is 117 cm³/mol. The molecule has 1 saturated carbocycles. The minimum atomic E-state index is -0.128. The molecule has 2 fully saturated rings. The molecule has 2 aromatic rings. The number of hydrogen-bond acceptors (Lipinski definition) is 4. The second-order valence-corrected chi connectivity index (χ2v) is 8.43. The van der Waals surface area contributed by atoms with Gasteiger partial charge in [-0.05, 0) is 48.6 Å². The predicted octanol–water partition coefficient (Wildman–Crippen LogP) is 4.25. The first-order chi connectivity index (χ1) is 15.2. The highest BCUT2D eigenvalue weighted by Crippen LogP contribution is 2.28. The smallest absolute Gasteiger partial charge is 0.321 e. The number of anilines is 1. The summed E-state index contributed by atoms with van der Waals surface area (Å²) in [6, 6.07) is 11.2. The van der Waals surface area contributed by atoms with Gasteiger partial charge in [-0.25, -0.2) is 4.79 Å². The van der Waals surface area contributed by atoms with Crippen LogP contribution in [0.15, 0.2) is 47.1 Å². The molecule has 1 aromatic carbocycles. The van der Waals surface area contributed by atoms with Crippen LogP contribution in [0.5, 0.6) is 0 Å². The number of rotatable bonds is 7. The van der Waals surface area contributed by atoms with Gasteiger partial charge in [0.1, 0.15) is 12.4 Å². The van der Waals surface area contributed by atoms with Gasteiger partial charge >= 0.3 is 6.03 Å². The molecule has 166 valence electrons. The van der Waals surface area contributed by atoms with Crippen molar-refractivity contribution >= 4 is 17.6 Å². The van der Waals surface area contributed by atoms with E-state index in [1.165, 1.54) is 25.7 Å². The van der Waals surface area contributed by atoms with Crippen LogP contribution in [0.4, 0.5) is 10.5 Å². The van der Waals surface area contributed by atoms with Crippen molar-refractivity contribution in [1.82, 2.24) is 9.80 Å². The summed E-state index contributed by atoms with van der Waals surface area (Å²) >= 11 is 0. The number of piperazine rings is 1. The largest absolute Gasteiger partial charge is 0.467 e. The molecule has 1 aromatic heterocycles. The molecule has 0 spiro atoms. The van der Waals surface area contributed by atoms with Gasteiger partial charge in [-0.3, -0.25) is 4.79 Å². The van der Waals surface area contributed by atoms with Gasteiger partial charge in [-0.2, -0.15) is 0 Å². The van der Waals surface area contributed by atoms with Crippen molar-refractivity contribution < 1.29 is 18.7 Å². The SMILES string of the molecule is O=C(CC1CCCC1)N1CCN(C(=O)Nc2cccc(COCc3ccco3)c2)CC1. The van der Waals surface area contributed by atoms with Crippen molar-refractivity contribution in [3.8, 4) is 0 Å². The first-order valence-corrected chi connectivity index (χ1v) is 11.2. The van der Waals surface area contributed by atoms with E-state index in [-0.39, 0.29) is 11.9 Å². The molecule has 1 N–H and O–H groups in total. The Morgan fingerprint density at radius 3 is 2.52 bits per heavy atom. The van der Waals surface area contributed by atoms with Crippen molar-refractivity contribution in [2.24, 2.45) is 5.92 Å². The second-order valence-electron chi connectivity index (χ2n) is 8.43. The third kappa shape index (κ3) is 6.10. The molecule has 31 heavy (non-hydrogen) atoms. The van der Waals surface area contributed by atoms with Gasteiger partial charge in [0, 0.05) is 38.3 Å². The van der Waals surface area contributed by atoms with Crippen LogP contribution in [-0.4, -0.2) is 47.9 Å². The number of ether oxygens (including phenoxy) is 1. The Balaban J connectivity index is 1.21. The van der Waals surface area contributed by atoms with Gasteiger partial charge in [0.25, 0.3) is 0 Å². The number of carbonyl (C=O) groups excluding carboxylic acids is 2. The molecule has 7 heteroatoms. The molecule has 0 bridgehead atoms. The lowest BCUT2D eigenvalue weighted by atomic mass is 10.0. The Hall–Kier alpha value is -2.80. The summed E-state index contributed by atoms with van der Waals surface area (Å²) in [6.45, 7) is 3.20. The molecule has 0 atom stereocenters. The van der Waals surface area contributed by atoms with Crippen LogP contribution in [0.3, 0.4) is 0 Å². The number of urea groups is 1. The summed E-state index contributed by atoms with van der Waals surface area (Å²) in [6.07, 6.45) is 7.16. The number of hydrogen-bond donors (Lipinski definition) is 1. The van der Waals surface area contributed by atoms with Crippen LogP contribution in [0.1, 0.15) is 43.4 Å². The van der Waals surface area contributed by atoms with Crippen molar-refractivity contribution in [1.29, 1.82) is 0 Å². The molecule has 1 aliphatic carbocycles. The van der Waals surface area contributed by atoms with Crippen LogP contribution < -0.4 is 5.32 Å². The highest BCUT2D eigenvalue weighted by Gasteiger charge is 2.26. The lowest BCUT2D eigenvalue weighted by Gasteiger charge is -2.35. The summed E-state index contributed by atoms with van der Waals surface area (Å²) in [5.41, 5.74) is 1.72. The number of nitrogens with one attached hydrogen (secondary N) is 1. The number of amides is 3. The van der Waals surface area contributed by atoms with Crippen LogP contribution in [0.25, 0.3) is 0 Å². The van der Waals surface area contributed by atoms with Crippen LogP contribution in [-0.2, 0) is 22.7 Å². The molecule has 4 rings (SSSR count). The average Bonchev–Trinajstić information content (AvgIpc) is 3.49. The van der Waals surface area contributed by atoms with Gasteiger partial charge in [0.05, 0.1) is 12.9 Å². The lowest BCUT2D eigenvalue weighted by Crippen LogP contribution is -2.51. The van der Waals surface area contributed by atoms with Gasteiger partial charge in [0.15, 0.2) is 0 Å². The van der Waals surface area contributed by atoms with Crippen LogP contribution in [0.2, 0.25) is 0 Å². The van der Waals surface area contributed by atoms with Gasteiger partial charge in [-0.15, -0.1) is 0 Å². The van der Waals surface area contributed by atoms with Crippen molar-refractivity contribution in [3.63, 3.8) is 0 Å². The zero-order valence-electron chi connectivity index (χ0n) is 17.9. The van der Waals surface area contributed by atoms with E-state index in [1.54, 1.807) is 11.2 Å². The Morgan fingerprint density at radius 2 is 1.77 bits per heavy atom. The summed E-state index contributed by atoms with van der Waals surface area (Å²) < 4.78 is 10.9. The number of furan rings is 1. The molecule has 1 aliphatic heterocycles. The van der Waals surface area contributed by atoms with E-state index in [1.807, 2.05) is 41.3 Å². The molecule has 3 amide bonds. The van der Waals surface area contributed by atoms with E-state index in [0.717, 1.165) is 17.0 Å². The van der Waals surface area contributed by atoms with E-state index in [0.29, 0.717) is 51.7 Å². The Labute approximate surface area is 183 Å². The van der Waals surface area contributed by atoms with E-state index in [4.69, 9.17) is 9.15 Å². The van der Waals surface area contributed by atoms with E-state index in [9.17, 15) is 9.59 Å². The standard InChI is InChI=1S/C24H31N3O4/c28-23(16-19-5-1-2-6-19)26-10-12-27(13-11-26)24(29)25-21-8-3-7-20(15-21)17-30-18-22-9-4-14-31-22/h3-4,7-9,14-15,19H,1-2,5-6,10-13,16-18H2,(H,25,29). The molecular weight excluding hydrogens is 394 g/mol.